The molecule has 0 aromatic carbocycles. The zero-order valence-electron chi connectivity index (χ0n) is 9.10. The molecule has 78 valence electrons. The van der Waals surface area contributed by atoms with Crippen LogP contribution in [0.1, 0.15) is 40.5 Å². The normalized spacial score (nSPS) is 11.3. The van der Waals surface area contributed by atoms with Crippen LogP contribution < -0.4 is 21.5 Å². The number of alkyl halides is 1. The van der Waals surface area contributed by atoms with E-state index in [1.807, 2.05) is 3.11 Å². The summed E-state index contributed by atoms with van der Waals surface area (Å²) in [6.07, 6.45) is 4.63. The molecule has 13 heavy (non-hydrogen) atoms. The van der Waals surface area contributed by atoms with E-state index in [1.165, 1.54) is 0 Å². The predicted molar refractivity (Wildman–Crippen MR) is 51.5 cm³/mol. The second-order valence-electron chi connectivity index (χ2n) is 3.52. The molecule has 0 N–H and O–H groups in total. The van der Waals surface area contributed by atoms with E-state index in [4.69, 9.17) is 5.26 Å². The first-order chi connectivity index (χ1) is 6.11. The second kappa shape index (κ2) is 6.47. The van der Waals surface area contributed by atoms with E-state index in [9.17, 15) is 0 Å². The van der Waals surface area contributed by atoms with Crippen molar-refractivity contribution in [2.75, 3.05) is 11.0 Å². The van der Waals surface area contributed by atoms with Crippen LogP contribution in [0.25, 0.3) is 0 Å². The Labute approximate surface area is 92.9 Å². The molecule has 0 bridgehead atoms. The van der Waals surface area contributed by atoms with Gasteiger partial charge in [-0.3, -0.25) is 0 Å². The molecule has 0 heterocycles. The van der Waals surface area contributed by atoms with E-state index in [-0.39, 0.29) is 21.5 Å². The van der Waals surface area contributed by atoms with Crippen LogP contribution in [0.2, 0.25) is 0 Å². The quantitative estimate of drug-likeness (QED) is 0.220. The average Bonchev–Trinajstić information content (AvgIpc) is 2.17. The maximum atomic E-state index is 8.91. The summed E-state index contributed by atoms with van der Waals surface area (Å²) in [5, 5.41) is 8.91. The minimum absolute atomic E-state index is 0.0440. The first-order valence-electron chi connectivity index (χ1n) is 4.88. The number of nitriles is 1. The van der Waals surface area contributed by atoms with Crippen molar-refractivity contribution in [3.8, 4) is 6.19 Å². The van der Waals surface area contributed by atoms with Crippen LogP contribution >= 0.6 is 0 Å². The van der Waals surface area contributed by atoms with Crippen LogP contribution in [0.3, 0.4) is 0 Å². The number of hydrogen-bond acceptors (Lipinski definition) is 2. The Balaban J connectivity index is 4.13. The first kappa shape index (κ1) is 13.0. The van der Waals surface area contributed by atoms with Crippen molar-refractivity contribution in [3.05, 3.63) is 0 Å². The molecule has 0 fully saturated rings. The van der Waals surface area contributed by atoms with Crippen molar-refractivity contribution in [1.82, 2.24) is 3.11 Å². The maximum absolute atomic E-state index is 8.91. The van der Waals surface area contributed by atoms with Crippen LogP contribution in [0.5, 0.6) is 0 Å². The fourth-order valence-corrected chi connectivity index (χ4v) is 3.10. The van der Waals surface area contributed by atoms with Crippen LogP contribution in [-0.4, -0.2) is 14.1 Å². The van der Waals surface area contributed by atoms with Gasteiger partial charge in [0.25, 0.3) is 0 Å². The van der Waals surface area contributed by atoms with Gasteiger partial charge in [0.15, 0.2) is 0 Å². The van der Waals surface area contributed by atoms with Gasteiger partial charge in [0, 0.05) is 0 Å². The SMILES string of the molecule is CC[I-]N(C#N)CC(C)(CC)CC. The Morgan fingerprint density at radius 3 is 2.15 bits per heavy atom. The molecule has 2 nitrogen and oxygen atoms in total. The standard InChI is InChI=1S/C10H20IN2/c1-5-10(4,6-2)8-13(9-12)11-7-3/h5-8H2,1-4H3/q-1. The average molecular weight is 295 g/mol. The van der Waals surface area contributed by atoms with Gasteiger partial charge < -0.3 is 0 Å². The number of halogens is 1. The minimum atomic E-state index is -0.0440. The van der Waals surface area contributed by atoms with Crippen molar-refractivity contribution in [2.24, 2.45) is 5.41 Å². The fourth-order valence-electron chi connectivity index (χ4n) is 1.06. The van der Waals surface area contributed by atoms with Crippen molar-refractivity contribution in [1.29, 1.82) is 5.26 Å². The zero-order chi connectivity index (χ0) is 10.3. The molecule has 0 amide bonds. The first-order valence-corrected chi connectivity index (χ1v) is 7.37. The van der Waals surface area contributed by atoms with E-state index >= 15 is 0 Å². The van der Waals surface area contributed by atoms with E-state index in [0.717, 1.165) is 23.8 Å². The molecule has 0 saturated heterocycles. The summed E-state index contributed by atoms with van der Waals surface area (Å²) in [4.78, 5) is 0. The van der Waals surface area contributed by atoms with Gasteiger partial charge in [-0.2, -0.15) is 0 Å². The summed E-state index contributed by atoms with van der Waals surface area (Å²) in [6.45, 7) is 9.81. The summed E-state index contributed by atoms with van der Waals surface area (Å²) in [5.41, 5.74) is 0.338. The summed E-state index contributed by atoms with van der Waals surface area (Å²) < 4.78 is 3.15. The molecule has 0 unspecified atom stereocenters. The van der Waals surface area contributed by atoms with Gasteiger partial charge in [0.05, 0.1) is 0 Å². The van der Waals surface area contributed by atoms with Gasteiger partial charge in [-0.05, 0) is 0 Å². The summed E-state index contributed by atoms with van der Waals surface area (Å²) in [6, 6.07) is 0. The molecular formula is C10H20IN2-. The molecular weight excluding hydrogens is 275 g/mol. The van der Waals surface area contributed by atoms with E-state index in [0.29, 0.717) is 5.41 Å². The number of hydrogen-bond donors (Lipinski definition) is 0. The Hall–Kier alpha value is 0.0200. The number of nitrogens with zero attached hydrogens (tertiary/aromatic N) is 2. The molecule has 0 atom stereocenters. The van der Waals surface area contributed by atoms with Crippen LogP contribution in [-0.2, 0) is 0 Å². The molecule has 0 radical (unpaired) electrons. The van der Waals surface area contributed by atoms with E-state index in [2.05, 4.69) is 33.9 Å². The van der Waals surface area contributed by atoms with Crippen molar-refractivity contribution < 1.29 is 21.5 Å². The molecule has 0 aliphatic rings. The Morgan fingerprint density at radius 1 is 1.31 bits per heavy atom. The van der Waals surface area contributed by atoms with Crippen LogP contribution in [0.15, 0.2) is 0 Å². The Bertz CT molecular complexity index is 170. The van der Waals surface area contributed by atoms with Crippen LogP contribution in [0.4, 0.5) is 0 Å². The summed E-state index contributed by atoms with van der Waals surface area (Å²) >= 11 is -0.0440. The molecule has 0 rings (SSSR count). The van der Waals surface area contributed by atoms with Crippen LogP contribution in [0, 0.1) is 16.9 Å². The third-order valence-electron chi connectivity index (χ3n) is 2.60. The second-order valence-corrected chi connectivity index (χ2v) is 6.90. The zero-order valence-corrected chi connectivity index (χ0v) is 11.3. The third kappa shape index (κ3) is 4.70. The van der Waals surface area contributed by atoms with Gasteiger partial charge in [-0.15, -0.1) is 0 Å². The monoisotopic (exact) mass is 295 g/mol. The molecule has 3 heteroatoms. The topological polar surface area (TPSA) is 27.0 Å². The predicted octanol–water partition coefficient (Wildman–Crippen LogP) is -0.380. The molecule has 0 aromatic rings. The number of rotatable bonds is 6. The van der Waals surface area contributed by atoms with Crippen molar-refractivity contribution >= 4 is 0 Å². The van der Waals surface area contributed by atoms with Gasteiger partial charge in [-0.1, -0.05) is 0 Å². The molecule has 0 aliphatic carbocycles. The molecule has 0 aliphatic heterocycles. The van der Waals surface area contributed by atoms with Crippen molar-refractivity contribution in [2.45, 2.75) is 40.5 Å². The van der Waals surface area contributed by atoms with E-state index < -0.39 is 0 Å². The molecule has 0 saturated carbocycles. The molecule has 0 spiro atoms. The molecule has 0 aromatic heterocycles. The van der Waals surface area contributed by atoms with Gasteiger partial charge >= 0.3 is 93.0 Å². The Morgan fingerprint density at radius 2 is 1.85 bits per heavy atom. The summed E-state index contributed by atoms with van der Waals surface area (Å²) in [7, 11) is 0. The van der Waals surface area contributed by atoms with Gasteiger partial charge in [-0.25, -0.2) is 0 Å². The third-order valence-corrected chi connectivity index (χ3v) is 4.66. The van der Waals surface area contributed by atoms with E-state index in [1.54, 1.807) is 0 Å². The van der Waals surface area contributed by atoms with Crippen molar-refractivity contribution in [3.63, 3.8) is 0 Å². The van der Waals surface area contributed by atoms with Gasteiger partial charge in [0.1, 0.15) is 0 Å². The Kier molecular flexibility index (Phi) is 6.48. The van der Waals surface area contributed by atoms with Gasteiger partial charge in [0.2, 0.25) is 0 Å². The summed E-state index contributed by atoms with van der Waals surface area (Å²) in [5.74, 6) is 0. The fraction of sp³-hybridized carbons (Fsp3) is 0.900.